The Bertz CT molecular complexity index is 485. The van der Waals surface area contributed by atoms with Crippen LogP contribution in [0, 0.1) is 5.92 Å². The molecule has 1 aliphatic heterocycles. The van der Waals surface area contributed by atoms with Gasteiger partial charge in [0.1, 0.15) is 0 Å². The van der Waals surface area contributed by atoms with Gasteiger partial charge in [-0.2, -0.15) is 0 Å². The fourth-order valence-electron chi connectivity index (χ4n) is 2.55. The number of aryl methyl sites for hydroxylation is 1. The average molecular weight is 278 g/mol. The van der Waals surface area contributed by atoms with E-state index in [1.165, 1.54) is 12.8 Å². The van der Waals surface area contributed by atoms with Crippen LogP contribution in [0.3, 0.4) is 0 Å². The minimum Gasteiger partial charge on any atom is -0.350 e. The van der Waals surface area contributed by atoms with Crippen molar-refractivity contribution in [1.29, 1.82) is 0 Å². The van der Waals surface area contributed by atoms with Gasteiger partial charge < -0.3 is 14.8 Å². The van der Waals surface area contributed by atoms with Crippen molar-refractivity contribution in [2.24, 2.45) is 13.0 Å². The smallest absolute Gasteiger partial charge is 0.293 e. The molecule has 2 atom stereocenters. The Balaban J connectivity index is 2.00. The molecule has 1 N–H and O–H groups in total. The van der Waals surface area contributed by atoms with Gasteiger partial charge in [-0.05, 0) is 25.3 Å². The topological polar surface area (TPSA) is 50.2 Å². The van der Waals surface area contributed by atoms with E-state index in [0.717, 1.165) is 26.1 Å². The van der Waals surface area contributed by atoms with Gasteiger partial charge in [0.2, 0.25) is 0 Å². The highest BCUT2D eigenvalue weighted by Gasteiger charge is 2.22. The van der Waals surface area contributed by atoms with Crippen LogP contribution >= 0.6 is 0 Å². The number of hydrogen-bond donors (Lipinski definition) is 1. The number of nitrogens with zero attached hydrogens (tertiary/aromatic N) is 3. The highest BCUT2D eigenvalue weighted by atomic mass is 16.1. The van der Waals surface area contributed by atoms with E-state index in [9.17, 15) is 4.79 Å². The Morgan fingerprint density at radius 2 is 2.35 bits per heavy atom. The van der Waals surface area contributed by atoms with Crippen LogP contribution in [0.4, 0.5) is 5.82 Å². The van der Waals surface area contributed by atoms with Crippen molar-refractivity contribution < 1.29 is 0 Å². The zero-order chi connectivity index (χ0) is 14.5. The fourth-order valence-corrected chi connectivity index (χ4v) is 2.55. The van der Waals surface area contributed by atoms with Crippen molar-refractivity contribution in [1.82, 2.24) is 14.9 Å². The molecule has 0 aliphatic carbocycles. The molecule has 5 heteroatoms. The lowest BCUT2D eigenvalue weighted by Crippen LogP contribution is -2.48. The fraction of sp³-hybridized carbons (Fsp3) is 0.733. The Morgan fingerprint density at radius 1 is 1.55 bits per heavy atom. The molecular formula is C15H26N4O. The van der Waals surface area contributed by atoms with Crippen LogP contribution < -0.4 is 15.8 Å². The maximum absolute atomic E-state index is 12.1. The van der Waals surface area contributed by atoms with E-state index < -0.39 is 0 Å². The van der Waals surface area contributed by atoms with Crippen LogP contribution in [0.1, 0.15) is 33.1 Å². The predicted molar refractivity (Wildman–Crippen MR) is 82.2 cm³/mol. The number of nitrogens with one attached hydrogen (secondary N) is 1. The molecule has 1 aromatic heterocycles. The molecule has 1 aromatic rings. The predicted octanol–water partition coefficient (Wildman–Crippen LogP) is 1.38. The zero-order valence-corrected chi connectivity index (χ0v) is 12.8. The molecule has 1 aliphatic rings. The van der Waals surface area contributed by atoms with Crippen molar-refractivity contribution in [2.45, 2.75) is 39.2 Å². The molecule has 0 unspecified atom stereocenters. The molecule has 0 aromatic carbocycles. The quantitative estimate of drug-likeness (QED) is 0.884. The zero-order valence-electron chi connectivity index (χ0n) is 12.8. The summed E-state index contributed by atoms with van der Waals surface area (Å²) in [6, 6.07) is 0.462. The van der Waals surface area contributed by atoms with Gasteiger partial charge in [0.05, 0.1) is 0 Å². The molecule has 2 heterocycles. The molecule has 0 spiro atoms. The molecule has 0 radical (unpaired) electrons. The lowest BCUT2D eigenvalue weighted by Gasteiger charge is -2.34. The van der Waals surface area contributed by atoms with Crippen LogP contribution in [-0.4, -0.2) is 35.2 Å². The lowest BCUT2D eigenvalue weighted by molar-refractivity contribution is 0.385. The van der Waals surface area contributed by atoms with E-state index in [-0.39, 0.29) is 5.56 Å². The van der Waals surface area contributed by atoms with Crippen LogP contribution in [0.25, 0.3) is 0 Å². The number of piperidine rings is 1. The van der Waals surface area contributed by atoms with Crippen molar-refractivity contribution in [3.05, 3.63) is 22.7 Å². The SMILES string of the molecule is CC[C@H](C)CN[C@@H]1CCCN(c2nccn(C)c2=O)C1. The van der Waals surface area contributed by atoms with Gasteiger partial charge in [-0.1, -0.05) is 20.3 Å². The van der Waals surface area contributed by atoms with Gasteiger partial charge in [0.25, 0.3) is 5.56 Å². The molecule has 1 fully saturated rings. The molecule has 1 saturated heterocycles. The van der Waals surface area contributed by atoms with Crippen molar-refractivity contribution >= 4 is 5.82 Å². The summed E-state index contributed by atoms with van der Waals surface area (Å²) in [6.07, 6.45) is 6.89. The molecule has 0 amide bonds. The summed E-state index contributed by atoms with van der Waals surface area (Å²) in [5.41, 5.74) is -0.00456. The van der Waals surface area contributed by atoms with Gasteiger partial charge in [0, 0.05) is 38.6 Å². The molecule has 2 rings (SSSR count). The van der Waals surface area contributed by atoms with Crippen molar-refractivity contribution in [3.63, 3.8) is 0 Å². The monoisotopic (exact) mass is 278 g/mol. The van der Waals surface area contributed by atoms with Gasteiger partial charge in [-0.15, -0.1) is 0 Å². The van der Waals surface area contributed by atoms with Gasteiger partial charge in [-0.25, -0.2) is 4.98 Å². The normalized spacial score (nSPS) is 20.9. The third-order valence-electron chi connectivity index (χ3n) is 4.17. The van der Waals surface area contributed by atoms with Crippen LogP contribution in [0.5, 0.6) is 0 Å². The van der Waals surface area contributed by atoms with Crippen molar-refractivity contribution in [2.75, 3.05) is 24.5 Å². The van der Waals surface area contributed by atoms with E-state index in [4.69, 9.17) is 0 Å². The maximum atomic E-state index is 12.1. The van der Waals surface area contributed by atoms with Crippen LogP contribution in [0.2, 0.25) is 0 Å². The Labute approximate surface area is 121 Å². The highest BCUT2D eigenvalue weighted by molar-refractivity contribution is 5.36. The number of aromatic nitrogens is 2. The molecule has 0 bridgehead atoms. The Hall–Kier alpha value is -1.36. The second kappa shape index (κ2) is 6.88. The third kappa shape index (κ3) is 3.60. The second-order valence-electron chi connectivity index (χ2n) is 5.87. The van der Waals surface area contributed by atoms with Crippen LogP contribution in [0.15, 0.2) is 17.2 Å². The first kappa shape index (κ1) is 15.0. The summed E-state index contributed by atoms with van der Waals surface area (Å²) in [4.78, 5) is 18.5. The standard InChI is InChI=1S/C15H26N4O/c1-4-12(2)10-17-13-6-5-8-19(11-13)14-15(20)18(3)9-7-16-14/h7,9,12-13,17H,4-6,8,10-11H2,1-3H3/t12-,13+/m0/s1. The highest BCUT2D eigenvalue weighted by Crippen LogP contribution is 2.14. The molecular weight excluding hydrogens is 252 g/mol. The van der Waals surface area contributed by atoms with Gasteiger partial charge in [-0.3, -0.25) is 4.79 Å². The van der Waals surface area contributed by atoms with E-state index in [1.54, 1.807) is 24.0 Å². The largest absolute Gasteiger partial charge is 0.350 e. The number of rotatable bonds is 5. The summed E-state index contributed by atoms with van der Waals surface area (Å²) in [5, 5.41) is 3.63. The van der Waals surface area contributed by atoms with E-state index in [2.05, 4.69) is 29.0 Å². The molecule has 5 nitrogen and oxygen atoms in total. The Kier molecular flexibility index (Phi) is 5.17. The minimum atomic E-state index is -0.00456. The first-order valence-electron chi connectivity index (χ1n) is 7.61. The molecule has 20 heavy (non-hydrogen) atoms. The summed E-state index contributed by atoms with van der Waals surface area (Å²) >= 11 is 0. The lowest BCUT2D eigenvalue weighted by atomic mass is 10.0. The second-order valence-corrected chi connectivity index (χ2v) is 5.87. The van der Waals surface area contributed by atoms with E-state index in [0.29, 0.717) is 17.8 Å². The minimum absolute atomic E-state index is 0.00456. The summed E-state index contributed by atoms with van der Waals surface area (Å²) < 4.78 is 1.60. The number of hydrogen-bond acceptors (Lipinski definition) is 4. The summed E-state index contributed by atoms with van der Waals surface area (Å²) in [6.45, 7) is 7.34. The maximum Gasteiger partial charge on any atom is 0.293 e. The Morgan fingerprint density at radius 3 is 3.10 bits per heavy atom. The summed E-state index contributed by atoms with van der Waals surface area (Å²) in [5.74, 6) is 1.29. The summed E-state index contributed by atoms with van der Waals surface area (Å²) in [7, 11) is 1.77. The third-order valence-corrected chi connectivity index (χ3v) is 4.17. The number of anilines is 1. The molecule has 112 valence electrons. The van der Waals surface area contributed by atoms with Crippen molar-refractivity contribution in [3.8, 4) is 0 Å². The van der Waals surface area contributed by atoms with E-state index >= 15 is 0 Å². The van der Waals surface area contributed by atoms with Gasteiger partial charge in [0.15, 0.2) is 5.82 Å². The van der Waals surface area contributed by atoms with Gasteiger partial charge >= 0.3 is 0 Å². The first-order chi connectivity index (χ1) is 9.61. The molecule has 0 saturated carbocycles. The average Bonchev–Trinajstić information content (AvgIpc) is 2.48. The first-order valence-corrected chi connectivity index (χ1v) is 7.61. The van der Waals surface area contributed by atoms with E-state index in [1.807, 2.05) is 0 Å². The van der Waals surface area contributed by atoms with Crippen LogP contribution in [-0.2, 0) is 7.05 Å².